The Labute approximate surface area is 94.6 Å². The molecule has 0 bridgehead atoms. The molecule has 1 aromatic rings. The molecule has 0 unspecified atom stereocenters. The highest BCUT2D eigenvalue weighted by Crippen LogP contribution is 2.16. The summed E-state index contributed by atoms with van der Waals surface area (Å²) in [6, 6.07) is 0.367. The van der Waals surface area contributed by atoms with Crippen LogP contribution in [0.3, 0.4) is 0 Å². The fraction of sp³-hybridized carbons (Fsp3) is 0.625. The zero-order valence-corrected chi connectivity index (χ0v) is 9.79. The molecule has 1 aromatic heterocycles. The number of aromatic nitrogens is 2. The summed E-state index contributed by atoms with van der Waals surface area (Å²) < 4.78 is 1.65. The average molecular weight is 244 g/mol. The van der Waals surface area contributed by atoms with Gasteiger partial charge in [-0.2, -0.15) is 5.10 Å². The fourth-order valence-corrected chi connectivity index (χ4v) is 1.38. The van der Waals surface area contributed by atoms with Crippen LogP contribution in [0, 0.1) is 0 Å². The van der Waals surface area contributed by atoms with Crippen LogP contribution in [0.25, 0.3) is 0 Å². The summed E-state index contributed by atoms with van der Waals surface area (Å²) in [5.41, 5.74) is 0.958. The Kier molecular flexibility index (Phi) is 6.56. The Bertz CT molecular complexity index is 248. The Morgan fingerprint density at radius 3 is 2.69 bits per heavy atom. The number of nitrogens with zero attached hydrogens (tertiary/aromatic N) is 2. The van der Waals surface area contributed by atoms with E-state index in [1.807, 2.05) is 0 Å². The smallest absolute Gasteiger partial charge is 0.115 e. The van der Waals surface area contributed by atoms with E-state index >= 15 is 0 Å². The van der Waals surface area contributed by atoms with Gasteiger partial charge in [-0.1, -0.05) is 24.9 Å². The predicted molar refractivity (Wildman–Crippen MR) is 59.0 cm³/mol. The predicted octanol–water partition coefficient (Wildman–Crippen LogP) is 3.50. The first-order chi connectivity index (χ1) is 5.77. The van der Waals surface area contributed by atoms with E-state index in [-0.39, 0.29) is 12.4 Å². The van der Waals surface area contributed by atoms with Gasteiger partial charge in [0.1, 0.15) is 6.00 Å². The molecule has 0 aliphatic heterocycles. The lowest BCUT2D eigenvalue weighted by atomic mass is 10.2. The summed E-state index contributed by atoms with van der Waals surface area (Å²) in [6.45, 7) is 2.15. The van der Waals surface area contributed by atoms with Gasteiger partial charge in [0, 0.05) is 6.20 Å². The number of alkyl halides is 1. The Hall–Kier alpha value is 0.0800. The van der Waals surface area contributed by atoms with E-state index in [0.29, 0.717) is 6.00 Å². The third kappa shape index (κ3) is 3.75. The number of rotatable bonds is 4. The molecule has 1 heterocycles. The maximum Gasteiger partial charge on any atom is 0.115 e. The normalized spacial score (nSPS) is 9.77. The molecule has 13 heavy (non-hydrogen) atoms. The van der Waals surface area contributed by atoms with Gasteiger partial charge in [-0.05, 0) is 12.8 Å². The number of hydrogen-bond donors (Lipinski definition) is 0. The van der Waals surface area contributed by atoms with Crippen LogP contribution in [0.5, 0.6) is 0 Å². The third-order valence-corrected chi connectivity index (χ3v) is 2.24. The van der Waals surface area contributed by atoms with Crippen molar-refractivity contribution >= 4 is 35.6 Å². The summed E-state index contributed by atoms with van der Waals surface area (Å²) in [7, 11) is 0. The summed E-state index contributed by atoms with van der Waals surface area (Å²) in [5.74, 6) is 0. The third-order valence-electron chi connectivity index (χ3n) is 1.68. The van der Waals surface area contributed by atoms with Crippen molar-refractivity contribution in [2.75, 3.05) is 0 Å². The van der Waals surface area contributed by atoms with Crippen LogP contribution >= 0.6 is 35.6 Å². The second kappa shape index (κ2) is 6.52. The molecule has 0 aromatic carbocycles. The van der Waals surface area contributed by atoms with Gasteiger partial charge in [0.25, 0.3) is 0 Å². The monoisotopic (exact) mass is 242 g/mol. The van der Waals surface area contributed by atoms with Gasteiger partial charge < -0.3 is 0 Å². The Balaban J connectivity index is 0.00000144. The van der Waals surface area contributed by atoms with Gasteiger partial charge in [0.05, 0.1) is 10.7 Å². The van der Waals surface area contributed by atoms with E-state index < -0.39 is 0 Å². The van der Waals surface area contributed by atoms with E-state index in [4.69, 9.17) is 23.2 Å². The molecule has 5 heteroatoms. The van der Waals surface area contributed by atoms with E-state index in [9.17, 15) is 0 Å². The summed E-state index contributed by atoms with van der Waals surface area (Å²) in [4.78, 5) is 0. The minimum atomic E-state index is 0. The molecule has 0 radical (unpaired) electrons. The average Bonchev–Trinajstić information content (AvgIpc) is 2.43. The van der Waals surface area contributed by atoms with E-state index in [0.717, 1.165) is 30.0 Å². The molecular weight excluding hydrogens is 230 g/mol. The highest BCUT2D eigenvalue weighted by atomic mass is 35.5. The molecule has 2 nitrogen and oxygen atoms in total. The minimum Gasteiger partial charge on any atom is -0.256 e. The highest BCUT2D eigenvalue weighted by Gasteiger charge is 2.04. The van der Waals surface area contributed by atoms with Crippen molar-refractivity contribution in [2.45, 2.75) is 32.2 Å². The van der Waals surface area contributed by atoms with E-state index in [2.05, 4.69) is 12.0 Å². The van der Waals surface area contributed by atoms with Crippen molar-refractivity contribution in [1.82, 2.24) is 9.78 Å². The van der Waals surface area contributed by atoms with Crippen molar-refractivity contribution in [2.24, 2.45) is 0 Å². The zero-order chi connectivity index (χ0) is 8.97. The Morgan fingerprint density at radius 2 is 2.23 bits per heavy atom. The van der Waals surface area contributed by atoms with Gasteiger partial charge in [0.2, 0.25) is 0 Å². The molecule has 0 saturated heterocycles. The zero-order valence-electron chi connectivity index (χ0n) is 7.46. The number of aryl methyl sites for hydroxylation is 1. The van der Waals surface area contributed by atoms with Crippen molar-refractivity contribution < 1.29 is 0 Å². The molecule has 0 amide bonds. The molecule has 76 valence electrons. The highest BCUT2D eigenvalue weighted by molar-refractivity contribution is 6.31. The maximum atomic E-state index is 5.92. The minimum absolute atomic E-state index is 0. The maximum absolute atomic E-state index is 5.92. The van der Waals surface area contributed by atoms with Gasteiger partial charge in [0.15, 0.2) is 0 Å². The van der Waals surface area contributed by atoms with Crippen LogP contribution in [0.2, 0.25) is 5.02 Å². The quantitative estimate of drug-likeness (QED) is 0.740. The molecule has 1 rings (SSSR count). The lowest BCUT2D eigenvalue weighted by Crippen LogP contribution is -1.94. The second-order valence-electron chi connectivity index (χ2n) is 2.69. The van der Waals surface area contributed by atoms with Gasteiger partial charge in [-0.3, -0.25) is 4.68 Å². The summed E-state index contributed by atoms with van der Waals surface area (Å²) in [6.07, 6.45) is 4.99. The molecule has 0 N–H and O–H groups in total. The lowest BCUT2D eigenvalue weighted by molar-refractivity contribution is 0.700. The molecule has 0 aliphatic carbocycles. The van der Waals surface area contributed by atoms with Gasteiger partial charge in [-0.25, -0.2) is 0 Å². The summed E-state index contributed by atoms with van der Waals surface area (Å²) >= 11 is 11.5. The standard InChI is InChI=1S/C8H12Cl2N2.ClH/c1-2-3-4-8-7(10)5-12(6-9)11-8;/h5H,2-4,6H2,1H3;1H. The lowest BCUT2D eigenvalue weighted by Gasteiger charge is -1.93. The van der Waals surface area contributed by atoms with Gasteiger partial charge in [-0.15, -0.1) is 24.0 Å². The van der Waals surface area contributed by atoms with E-state index in [1.54, 1.807) is 10.9 Å². The van der Waals surface area contributed by atoms with Crippen LogP contribution in [0.4, 0.5) is 0 Å². The second-order valence-corrected chi connectivity index (χ2v) is 3.33. The molecule has 0 spiro atoms. The number of hydrogen-bond acceptors (Lipinski definition) is 1. The molecule has 0 fully saturated rings. The number of halogens is 3. The van der Waals surface area contributed by atoms with E-state index in [1.165, 1.54) is 0 Å². The fourth-order valence-electron chi connectivity index (χ4n) is 1.01. The largest absolute Gasteiger partial charge is 0.256 e. The van der Waals surface area contributed by atoms with Crippen LogP contribution in [0.15, 0.2) is 6.20 Å². The molecule has 0 aliphatic rings. The first kappa shape index (κ1) is 13.1. The van der Waals surface area contributed by atoms with Gasteiger partial charge >= 0.3 is 0 Å². The first-order valence-electron chi connectivity index (χ1n) is 4.05. The van der Waals surface area contributed by atoms with Crippen molar-refractivity contribution in [3.05, 3.63) is 16.9 Å². The van der Waals surface area contributed by atoms with Crippen molar-refractivity contribution in [3.8, 4) is 0 Å². The topological polar surface area (TPSA) is 17.8 Å². The molecule has 0 saturated carbocycles. The Morgan fingerprint density at radius 1 is 1.54 bits per heavy atom. The first-order valence-corrected chi connectivity index (χ1v) is 4.97. The van der Waals surface area contributed by atoms with Crippen LogP contribution in [0.1, 0.15) is 25.5 Å². The van der Waals surface area contributed by atoms with Crippen LogP contribution < -0.4 is 0 Å². The van der Waals surface area contributed by atoms with Crippen LogP contribution in [-0.2, 0) is 12.4 Å². The SMILES string of the molecule is CCCCc1nn(CCl)cc1Cl.Cl. The number of unbranched alkanes of at least 4 members (excludes halogenated alkanes) is 1. The summed E-state index contributed by atoms with van der Waals surface area (Å²) in [5, 5.41) is 4.94. The van der Waals surface area contributed by atoms with Crippen LogP contribution in [-0.4, -0.2) is 9.78 Å². The molecular formula is C8H13Cl3N2. The molecule has 0 atom stereocenters. The van der Waals surface area contributed by atoms with Crippen molar-refractivity contribution in [3.63, 3.8) is 0 Å². The van der Waals surface area contributed by atoms with Crippen molar-refractivity contribution in [1.29, 1.82) is 0 Å².